The molecule has 5 nitrogen and oxygen atoms in total. The smallest absolute Gasteiger partial charge is 0.410 e. The van der Waals surface area contributed by atoms with Crippen molar-refractivity contribution in [2.45, 2.75) is 57.5 Å². The van der Waals surface area contributed by atoms with Crippen LogP contribution in [0.1, 0.15) is 44.1 Å². The molecule has 0 bridgehead atoms. The van der Waals surface area contributed by atoms with E-state index in [1.54, 1.807) is 0 Å². The van der Waals surface area contributed by atoms with Crippen LogP contribution >= 0.6 is 0 Å². The normalized spacial score (nSPS) is 23.5. The number of hydrogen-bond acceptors (Lipinski definition) is 4. The minimum atomic E-state index is -0.229. The molecule has 1 aromatic carbocycles. The number of ether oxygens (including phenoxy) is 3. The van der Waals surface area contributed by atoms with E-state index in [9.17, 15) is 4.79 Å². The molecule has 3 rings (SSSR count). The Kier molecular flexibility index (Phi) is 7.52. The molecule has 0 saturated carbocycles. The molecule has 2 atom stereocenters. The van der Waals surface area contributed by atoms with Crippen molar-refractivity contribution >= 4 is 6.09 Å². The van der Waals surface area contributed by atoms with Crippen LogP contribution in [0, 0.1) is 0 Å². The van der Waals surface area contributed by atoms with Gasteiger partial charge in [0.05, 0.1) is 12.6 Å². The Labute approximate surface area is 155 Å². The number of amides is 1. The lowest BCUT2D eigenvalue weighted by atomic mass is 10.2. The number of likely N-dealkylation sites (tertiary alicyclic amines) is 1. The molecule has 0 radical (unpaired) electrons. The number of carbonyl (C=O) groups excluding carboxylic acids is 1. The average Bonchev–Trinajstić information content (AvgIpc) is 3.16. The first-order chi connectivity index (χ1) is 12.8. The molecule has 0 spiro atoms. The quantitative estimate of drug-likeness (QED) is 0.539. The minimum absolute atomic E-state index is 0.0342. The minimum Gasteiger partial charge on any atom is -0.445 e. The van der Waals surface area contributed by atoms with E-state index >= 15 is 0 Å². The topological polar surface area (TPSA) is 48.0 Å². The fourth-order valence-corrected chi connectivity index (χ4v) is 3.38. The molecule has 2 unspecified atom stereocenters. The third-order valence-corrected chi connectivity index (χ3v) is 4.82. The Morgan fingerprint density at radius 3 is 2.88 bits per heavy atom. The zero-order valence-corrected chi connectivity index (χ0v) is 15.3. The Hall–Kier alpha value is -1.85. The second-order valence-electron chi connectivity index (χ2n) is 6.83. The number of benzene rings is 1. The van der Waals surface area contributed by atoms with Crippen molar-refractivity contribution in [1.82, 2.24) is 4.90 Å². The van der Waals surface area contributed by atoms with Gasteiger partial charge in [0.2, 0.25) is 0 Å². The highest BCUT2D eigenvalue weighted by Crippen LogP contribution is 2.20. The van der Waals surface area contributed by atoms with E-state index in [1.165, 1.54) is 6.42 Å². The van der Waals surface area contributed by atoms with E-state index in [-0.39, 0.29) is 18.4 Å². The van der Waals surface area contributed by atoms with E-state index in [1.807, 2.05) is 35.2 Å². The lowest BCUT2D eigenvalue weighted by Gasteiger charge is -2.22. The average molecular weight is 359 g/mol. The lowest BCUT2D eigenvalue weighted by Crippen LogP contribution is -2.34. The third-order valence-electron chi connectivity index (χ3n) is 4.82. The van der Waals surface area contributed by atoms with Gasteiger partial charge in [0.25, 0.3) is 0 Å². The molecule has 2 fully saturated rings. The molecule has 2 saturated heterocycles. The van der Waals surface area contributed by atoms with Gasteiger partial charge in [-0.1, -0.05) is 42.5 Å². The molecule has 1 amide bonds. The molecular weight excluding hydrogens is 330 g/mol. The van der Waals surface area contributed by atoms with Gasteiger partial charge < -0.3 is 19.1 Å². The fourth-order valence-electron chi connectivity index (χ4n) is 3.38. The first-order valence-corrected chi connectivity index (χ1v) is 9.70. The van der Waals surface area contributed by atoms with Crippen molar-refractivity contribution in [3.05, 3.63) is 48.0 Å². The van der Waals surface area contributed by atoms with Crippen molar-refractivity contribution < 1.29 is 19.0 Å². The van der Waals surface area contributed by atoms with Gasteiger partial charge in [-0.05, 0) is 44.1 Å². The van der Waals surface area contributed by atoms with Gasteiger partial charge in [-0.3, -0.25) is 0 Å². The molecule has 2 aliphatic rings. The van der Waals surface area contributed by atoms with Gasteiger partial charge in [-0.15, -0.1) is 0 Å². The number of carbonyl (C=O) groups is 1. The first kappa shape index (κ1) is 18.9. The molecule has 2 aliphatic heterocycles. The predicted octanol–water partition coefficient (Wildman–Crippen LogP) is 4.28. The molecular formula is C21H29NO4. The van der Waals surface area contributed by atoms with Crippen molar-refractivity contribution in [3.63, 3.8) is 0 Å². The second-order valence-corrected chi connectivity index (χ2v) is 6.83. The fraction of sp³-hybridized carbons (Fsp3) is 0.571. The van der Waals surface area contributed by atoms with Gasteiger partial charge in [-0.25, -0.2) is 4.79 Å². The SMILES string of the molecule is O=C(OCc1ccccc1)N1CCCC1C=CCCOC1CCCCO1. The summed E-state index contributed by atoms with van der Waals surface area (Å²) < 4.78 is 16.7. The Balaban J connectivity index is 1.37. The first-order valence-electron chi connectivity index (χ1n) is 9.70. The molecule has 142 valence electrons. The maximum atomic E-state index is 12.4. The summed E-state index contributed by atoms with van der Waals surface area (Å²) in [5.41, 5.74) is 1.01. The molecule has 26 heavy (non-hydrogen) atoms. The van der Waals surface area contributed by atoms with E-state index in [2.05, 4.69) is 12.2 Å². The summed E-state index contributed by atoms with van der Waals surface area (Å²) in [6, 6.07) is 9.91. The van der Waals surface area contributed by atoms with Crippen molar-refractivity contribution in [2.24, 2.45) is 0 Å². The van der Waals surface area contributed by atoms with Crippen LogP contribution in [0.15, 0.2) is 42.5 Å². The molecule has 1 aromatic rings. The van der Waals surface area contributed by atoms with Crippen molar-refractivity contribution in [3.8, 4) is 0 Å². The van der Waals surface area contributed by atoms with Gasteiger partial charge in [0.1, 0.15) is 6.61 Å². The Morgan fingerprint density at radius 1 is 1.19 bits per heavy atom. The summed E-state index contributed by atoms with van der Waals surface area (Å²) in [7, 11) is 0. The summed E-state index contributed by atoms with van der Waals surface area (Å²) >= 11 is 0. The van der Waals surface area contributed by atoms with E-state index in [0.29, 0.717) is 13.2 Å². The van der Waals surface area contributed by atoms with Crippen LogP contribution in [0.2, 0.25) is 0 Å². The Bertz CT molecular complexity index is 569. The van der Waals surface area contributed by atoms with Crippen LogP contribution in [0.5, 0.6) is 0 Å². The van der Waals surface area contributed by atoms with E-state index in [0.717, 1.165) is 50.8 Å². The van der Waals surface area contributed by atoms with Crippen molar-refractivity contribution in [2.75, 3.05) is 19.8 Å². The van der Waals surface area contributed by atoms with Gasteiger partial charge in [0.15, 0.2) is 6.29 Å². The number of rotatable bonds is 7. The lowest BCUT2D eigenvalue weighted by molar-refractivity contribution is -0.161. The van der Waals surface area contributed by atoms with Crippen molar-refractivity contribution in [1.29, 1.82) is 0 Å². The third kappa shape index (κ3) is 5.85. The molecule has 0 N–H and O–H groups in total. The Morgan fingerprint density at radius 2 is 2.08 bits per heavy atom. The summed E-state index contributed by atoms with van der Waals surface area (Å²) in [5.74, 6) is 0. The zero-order chi connectivity index (χ0) is 18.0. The van der Waals surface area contributed by atoms with Crippen LogP contribution in [0.4, 0.5) is 4.79 Å². The highest BCUT2D eigenvalue weighted by molar-refractivity contribution is 5.68. The van der Waals surface area contributed by atoms with Crippen LogP contribution in [-0.4, -0.2) is 43.1 Å². The van der Waals surface area contributed by atoms with Gasteiger partial charge in [0, 0.05) is 13.2 Å². The molecule has 0 aliphatic carbocycles. The number of nitrogens with zero attached hydrogens (tertiary/aromatic N) is 1. The maximum absolute atomic E-state index is 12.4. The predicted molar refractivity (Wildman–Crippen MR) is 99.7 cm³/mol. The van der Waals surface area contributed by atoms with E-state index in [4.69, 9.17) is 14.2 Å². The van der Waals surface area contributed by atoms with Crippen LogP contribution < -0.4 is 0 Å². The van der Waals surface area contributed by atoms with E-state index < -0.39 is 0 Å². The monoisotopic (exact) mass is 359 g/mol. The number of hydrogen-bond donors (Lipinski definition) is 0. The maximum Gasteiger partial charge on any atom is 0.410 e. The highest BCUT2D eigenvalue weighted by atomic mass is 16.7. The van der Waals surface area contributed by atoms with Gasteiger partial charge in [-0.2, -0.15) is 0 Å². The van der Waals surface area contributed by atoms with Gasteiger partial charge >= 0.3 is 6.09 Å². The summed E-state index contributed by atoms with van der Waals surface area (Å²) in [6.07, 6.45) is 10.1. The molecule has 2 heterocycles. The summed E-state index contributed by atoms with van der Waals surface area (Å²) in [5, 5.41) is 0. The van der Waals surface area contributed by atoms with Crippen LogP contribution in [-0.2, 0) is 20.8 Å². The standard InChI is InChI=1S/C21H29NO4/c23-21(26-17-18-9-2-1-3-10-18)22-14-8-12-19(22)11-4-6-15-24-20-13-5-7-16-25-20/h1-4,9-11,19-20H,5-8,12-17H2. The summed E-state index contributed by atoms with van der Waals surface area (Å²) in [6.45, 7) is 2.55. The largest absolute Gasteiger partial charge is 0.445 e. The highest BCUT2D eigenvalue weighted by Gasteiger charge is 2.27. The second kappa shape index (κ2) is 10.3. The summed E-state index contributed by atoms with van der Waals surface area (Å²) in [4.78, 5) is 14.2. The molecule has 5 heteroatoms. The molecule has 0 aromatic heterocycles. The van der Waals surface area contributed by atoms with Crippen LogP contribution in [0.3, 0.4) is 0 Å². The zero-order valence-electron chi connectivity index (χ0n) is 15.3. The van der Waals surface area contributed by atoms with Crippen LogP contribution in [0.25, 0.3) is 0 Å².